The summed E-state index contributed by atoms with van der Waals surface area (Å²) in [5, 5.41) is 5.53. The number of fused-ring (bicyclic) bond motifs is 1. The van der Waals surface area contributed by atoms with Crippen molar-refractivity contribution < 1.29 is 0 Å². The molecule has 3 rings (SSSR count). The second-order valence-electron chi connectivity index (χ2n) is 4.52. The third-order valence-electron chi connectivity index (χ3n) is 3.27. The summed E-state index contributed by atoms with van der Waals surface area (Å²) < 4.78 is 0. The van der Waals surface area contributed by atoms with Gasteiger partial charge in [-0.25, -0.2) is 0 Å². The summed E-state index contributed by atoms with van der Waals surface area (Å²) in [4.78, 5) is 3.45. The first kappa shape index (κ1) is 10.2. The van der Waals surface area contributed by atoms with Crippen molar-refractivity contribution in [1.29, 1.82) is 0 Å². The molecule has 1 aromatic heterocycles. The Morgan fingerprint density at radius 3 is 3.06 bits per heavy atom. The van der Waals surface area contributed by atoms with E-state index in [1.807, 2.05) is 18.2 Å². The van der Waals surface area contributed by atoms with Gasteiger partial charge in [0.15, 0.2) is 0 Å². The van der Waals surface area contributed by atoms with Crippen LogP contribution in [0.2, 0.25) is 5.02 Å². The van der Waals surface area contributed by atoms with E-state index in [1.165, 1.54) is 29.4 Å². The van der Waals surface area contributed by atoms with Crippen LogP contribution in [0.25, 0.3) is 10.9 Å². The molecular weight excluding hydrogens is 220 g/mol. The lowest BCUT2D eigenvalue weighted by Gasteiger charge is -2.07. The van der Waals surface area contributed by atoms with Crippen LogP contribution < -0.4 is 5.32 Å². The van der Waals surface area contributed by atoms with Gasteiger partial charge in [0.25, 0.3) is 0 Å². The van der Waals surface area contributed by atoms with Crippen LogP contribution in [-0.4, -0.2) is 17.6 Å². The molecule has 84 valence electrons. The molecular formula is C13H15ClN2. The number of nitrogens with one attached hydrogen (secondary N) is 2. The van der Waals surface area contributed by atoms with Crippen molar-refractivity contribution in [1.82, 2.24) is 10.3 Å². The van der Waals surface area contributed by atoms with E-state index in [0.29, 0.717) is 6.04 Å². The quantitative estimate of drug-likeness (QED) is 0.821. The van der Waals surface area contributed by atoms with Crippen molar-refractivity contribution in [2.24, 2.45) is 0 Å². The summed E-state index contributed by atoms with van der Waals surface area (Å²) in [6, 6.07) is 8.84. The van der Waals surface area contributed by atoms with Crippen molar-refractivity contribution in [3.8, 4) is 0 Å². The van der Waals surface area contributed by atoms with E-state index in [9.17, 15) is 0 Å². The van der Waals surface area contributed by atoms with Crippen molar-refractivity contribution in [3.05, 3.63) is 35.0 Å². The van der Waals surface area contributed by atoms with E-state index in [2.05, 4.69) is 16.4 Å². The number of halogens is 1. The number of hydrogen-bond donors (Lipinski definition) is 2. The molecule has 0 amide bonds. The molecule has 0 aliphatic carbocycles. The topological polar surface area (TPSA) is 27.8 Å². The molecule has 0 bridgehead atoms. The van der Waals surface area contributed by atoms with Gasteiger partial charge in [0.2, 0.25) is 0 Å². The molecule has 0 radical (unpaired) electrons. The molecule has 3 heteroatoms. The Hall–Kier alpha value is -0.990. The van der Waals surface area contributed by atoms with Crippen LogP contribution >= 0.6 is 11.6 Å². The van der Waals surface area contributed by atoms with Gasteiger partial charge in [-0.05, 0) is 43.7 Å². The standard InChI is InChI=1S/C13H15ClN2/c14-10-3-4-13-9(6-10)7-12(16-13)8-11-2-1-5-15-11/h3-4,6-7,11,15-16H,1-2,5,8H2. The predicted molar refractivity (Wildman–Crippen MR) is 68.0 cm³/mol. The Bertz CT molecular complexity index is 498. The van der Waals surface area contributed by atoms with Crippen LogP contribution in [0, 0.1) is 0 Å². The molecule has 1 fully saturated rings. The summed E-state index contributed by atoms with van der Waals surface area (Å²) >= 11 is 5.97. The highest BCUT2D eigenvalue weighted by Crippen LogP contribution is 2.21. The highest BCUT2D eigenvalue weighted by Gasteiger charge is 2.15. The zero-order valence-electron chi connectivity index (χ0n) is 9.09. The first-order chi connectivity index (χ1) is 7.81. The van der Waals surface area contributed by atoms with Gasteiger partial charge in [0, 0.05) is 34.1 Å². The summed E-state index contributed by atoms with van der Waals surface area (Å²) in [7, 11) is 0. The Labute approximate surface area is 100.0 Å². The number of H-pyrrole nitrogens is 1. The van der Waals surface area contributed by atoms with Crippen molar-refractivity contribution in [2.75, 3.05) is 6.54 Å². The van der Waals surface area contributed by atoms with Gasteiger partial charge in [-0.2, -0.15) is 0 Å². The Morgan fingerprint density at radius 2 is 2.25 bits per heavy atom. The van der Waals surface area contributed by atoms with E-state index in [4.69, 9.17) is 11.6 Å². The average molecular weight is 235 g/mol. The molecule has 1 unspecified atom stereocenters. The summed E-state index contributed by atoms with van der Waals surface area (Å²) in [5.41, 5.74) is 2.48. The van der Waals surface area contributed by atoms with Gasteiger partial charge in [0.05, 0.1) is 0 Å². The second kappa shape index (κ2) is 4.11. The van der Waals surface area contributed by atoms with Crippen LogP contribution in [-0.2, 0) is 6.42 Å². The van der Waals surface area contributed by atoms with Crippen molar-refractivity contribution >= 4 is 22.5 Å². The minimum absolute atomic E-state index is 0.642. The van der Waals surface area contributed by atoms with Gasteiger partial charge in [-0.1, -0.05) is 11.6 Å². The molecule has 0 saturated carbocycles. The fraction of sp³-hybridized carbons (Fsp3) is 0.385. The van der Waals surface area contributed by atoms with Crippen molar-refractivity contribution in [3.63, 3.8) is 0 Å². The van der Waals surface area contributed by atoms with Crippen LogP contribution in [0.15, 0.2) is 24.3 Å². The van der Waals surface area contributed by atoms with E-state index in [-0.39, 0.29) is 0 Å². The molecule has 2 nitrogen and oxygen atoms in total. The number of aromatic nitrogens is 1. The molecule has 1 saturated heterocycles. The third-order valence-corrected chi connectivity index (χ3v) is 3.50. The smallest absolute Gasteiger partial charge is 0.0457 e. The zero-order valence-corrected chi connectivity index (χ0v) is 9.85. The highest BCUT2D eigenvalue weighted by molar-refractivity contribution is 6.31. The Morgan fingerprint density at radius 1 is 1.31 bits per heavy atom. The van der Waals surface area contributed by atoms with Gasteiger partial charge in [-0.3, -0.25) is 0 Å². The fourth-order valence-corrected chi connectivity index (χ4v) is 2.65. The highest BCUT2D eigenvalue weighted by atomic mass is 35.5. The van der Waals surface area contributed by atoms with Crippen molar-refractivity contribution in [2.45, 2.75) is 25.3 Å². The van der Waals surface area contributed by atoms with E-state index < -0.39 is 0 Å². The van der Waals surface area contributed by atoms with Gasteiger partial charge < -0.3 is 10.3 Å². The first-order valence-electron chi connectivity index (χ1n) is 5.82. The number of hydrogen-bond acceptors (Lipinski definition) is 1. The predicted octanol–water partition coefficient (Wildman–Crippen LogP) is 3.12. The Balaban J connectivity index is 1.86. The molecule has 1 aromatic carbocycles. The zero-order chi connectivity index (χ0) is 11.0. The molecule has 1 aliphatic rings. The van der Waals surface area contributed by atoms with Crippen LogP contribution in [0.5, 0.6) is 0 Å². The summed E-state index contributed by atoms with van der Waals surface area (Å²) in [6.45, 7) is 1.16. The third kappa shape index (κ3) is 1.95. The fourth-order valence-electron chi connectivity index (χ4n) is 2.47. The minimum Gasteiger partial charge on any atom is -0.358 e. The number of aromatic amines is 1. The minimum atomic E-state index is 0.642. The largest absolute Gasteiger partial charge is 0.358 e. The molecule has 2 aromatic rings. The van der Waals surface area contributed by atoms with Gasteiger partial charge in [0.1, 0.15) is 0 Å². The monoisotopic (exact) mass is 234 g/mol. The molecule has 2 heterocycles. The second-order valence-corrected chi connectivity index (χ2v) is 4.96. The number of rotatable bonds is 2. The van der Waals surface area contributed by atoms with Gasteiger partial charge in [-0.15, -0.1) is 0 Å². The summed E-state index contributed by atoms with van der Waals surface area (Å²) in [5.74, 6) is 0. The SMILES string of the molecule is Clc1ccc2[nH]c(CC3CCCN3)cc2c1. The van der Waals surface area contributed by atoms with E-state index in [0.717, 1.165) is 18.0 Å². The summed E-state index contributed by atoms with van der Waals surface area (Å²) in [6.07, 6.45) is 3.68. The van der Waals surface area contributed by atoms with E-state index in [1.54, 1.807) is 0 Å². The molecule has 2 N–H and O–H groups in total. The lowest BCUT2D eigenvalue weighted by Crippen LogP contribution is -2.23. The van der Waals surface area contributed by atoms with E-state index >= 15 is 0 Å². The lowest BCUT2D eigenvalue weighted by molar-refractivity contribution is 0.597. The normalized spacial score (nSPS) is 20.7. The van der Waals surface area contributed by atoms with Crippen LogP contribution in [0.4, 0.5) is 0 Å². The molecule has 0 spiro atoms. The molecule has 1 atom stereocenters. The maximum atomic E-state index is 5.97. The molecule has 16 heavy (non-hydrogen) atoms. The number of benzene rings is 1. The molecule has 1 aliphatic heterocycles. The van der Waals surface area contributed by atoms with Gasteiger partial charge >= 0.3 is 0 Å². The average Bonchev–Trinajstić information content (AvgIpc) is 2.86. The Kier molecular flexibility index (Phi) is 2.62. The maximum Gasteiger partial charge on any atom is 0.0457 e. The lowest BCUT2D eigenvalue weighted by atomic mass is 10.1. The maximum absolute atomic E-state index is 5.97. The van der Waals surface area contributed by atoms with Crippen LogP contribution in [0.3, 0.4) is 0 Å². The van der Waals surface area contributed by atoms with Crippen LogP contribution in [0.1, 0.15) is 18.5 Å². The first-order valence-corrected chi connectivity index (χ1v) is 6.19.